The molecular weight excluding hydrogens is 238 g/mol. The number of fused-ring (bicyclic) bond motifs is 1. The van der Waals surface area contributed by atoms with Crippen LogP contribution in [0.15, 0.2) is 6.33 Å². The lowest BCUT2D eigenvalue weighted by molar-refractivity contribution is 0.532. The Hall–Kier alpha value is -1.49. The van der Waals surface area contributed by atoms with Crippen molar-refractivity contribution in [3.05, 3.63) is 23.5 Å². The first-order chi connectivity index (χ1) is 8.73. The van der Waals surface area contributed by atoms with Crippen LogP contribution in [0.1, 0.15) is 70.6 Å². The van der Waals surface area contributed by atoms with E-state index in [2.05, 4.69) is 37.8 Å². The standard InChI is InChI=1S/C14H23N5/c1-8(2)10-11-12(14(5,6)15)16-7-17-19(11)13(18-10)9(3)4/h7-9H,15H2,1-6H3. The summed E-state index contributed by atoms with van der Waals surface area (Å²) in [6.07, 6.45) is 1.56. The van der Waals surface area contributed by atoms with Crippen LogP contribution in [-0.2, 0) is 5.54 Å². The lowest BCUT2D eigenvalue weighted by atomic mass is 9.98. The largest absolute Gasteiger partial charge is 0.321 e. The summed E-state index contributed by atoms with van der Waals surface area (Å²) >= 11 is 0. The average Bonchev–Trinajstić information content (AvgIpc) is 2.66. The molecule has 2 rings (SSSR count). The van der Waals surface area contributed by atoms with Crippen LogP contribution in [0.5, 0.6) is 0 Å². The summed E-state index contributed by atoms with van der Waals surface area (Å²) in [7, 11) is 0. The molecule has 0 saturated carbocycles. The summed E-state index contributed by atoms with van der Waals surface area (Å²) < 4.78 is 1.90. The zero-order chi connectivity index (χ0) is 14.4. The third kappa shape index (κ3) is 2.34. The van der Waals surface area contributed by atoms with E-state index < -0.39 is 5.54 Å². The molecule has 5 heteroatoms. The lowest BCUT2D eigenvalue weighted by Crippen LogP contribution is -2.31. The van der Waals surface area contributed by atoms with Gasteiger partial charge in [-0.15, -0.1) is 0 Å². The smallest absolute Gasteiger partial charge is 0.136 e. The third-order valence-corrected chi connectivity index (χ3v) is 3.16. The molecule has 2 heterocycles. The Kier molecular flexibility index (Phi) is 3.34. The molecule has 5 nitrogen and oxygen atoms in total. The first-order valence-electron chi connectivity index (χ1n) is 6.76. The molecule has 0 aromatic carbocycles. The summed E-state index contributed by atoms with van der Waals surface area (Å²) in [6, 6.07) is 0. The van der Waals surface area contributed by atoms with Gasteiger partial charge in [-0.25, -0.2) is 14.5 Å². The van der Waals surface area contributed by atoms with Crippen LogP contribution in [0.25, 0.3) is 5.52 Å². The number of nitrogens with zero attached hydrogens (tertiary/aromatic N) is 4. The van der Waals surface area contributed by atoms with Gasteiger partial charge in [-0.05, 0) is 19.8 Å². The highest BCUT2D eigenvalue weighted by Crippen LogP contribution is 2.29. The fraction of sp³-hybridized carbons (Fsp3) is 0.643. The van der Waals surface area contributed by atoms with Crippen molar-refractivity contribution in [2.75, 3.05) is 0 Å². The predicted octanol–water partition coefficient (Wildman–Crippen LogP) is 2.56. The van der Waals surface area contributed by atoms with Gasteiger partial charge in [-0.2, -0.15) is 5.10 Å². The summed E-state index contributed by atoms with van der Waals surface area (Å²) in [5, 5.41) is 4.37. The van der Waals surface area contributed by atoms with Gasteiger partial charge in [-0.3, -0.25) is 0 Å². The van der Waals surface area contributed by atoms with Crippen molar-refractivity contribution < 1.29 is 0 Å². The molecule has 19 heavy (non-hydrogen) atoms. The van der Waals surface area contributed by atoms with Crippen LogP contribution >= 0.6 is 0 Å². The minimum Gasteiger partial charge on any atom is -0.321 e. The van der Waals surface area contributed by atoms with Crippen LogP contribution < -0.4 is 5.73 Å². The van der Waals surface area contributed by atoms with Gasteiger partial charge in [0.15, 0.2) is 0 Å². The number of aromatic nitrogens is 4. The Balaban J connectivity index is 2.87. The molecule has 0 aliphatic carbocycles. The molecule has 0 fully saturated rings. The van der Waals surface area contributed by atoms with Crippen molar-refractivity contribution in [3.8, 4) is 0 Å². The molecule has 0 aliphatic heterocycles. The van der Waals surface area contributed by atoms with E-state index in [1.807, 2.05) is 18.4 Å². The monoisotopic (exact) mass is 261 g/mol. The van der Waals surface area contributed by atoms with Crippen molar-refractivity contribution in [2.45, 2.75) is 58.9 Å². The Labute approximate surface area is 114 Å². The van der Waals surface area contributed by atoms with Crippen LogP contribution in [0, 0.1) is 0 Å². The van der Waals surface area contributed by atoms with Crippen LogP contribution in [0.3, 0.4) is 0 Å². The maximum atomic E-state index is 6.25. The molecule has 0 unspecified atom stereocenters. The molecule has 2 aromatic heterocycles. The van der Waals surface area contributed by atoms with Crippen molar-refractivity contribution >= 4 is 5.52 Å². The summed E-state index contributed by atoms with van der Waals surface area (Å²) in [5.74, 6) is 1.59. The number of imidazole rings is 1. The topological polar surface area (TPSA) is 69.1 Å². The molecule has 2 aromatic rings. The van der Waals surface area contributed by atoms with Crippen molar-refractivity contribution in [3.63, 3.8) is 0 Å². The maximum Gasteiger partial charge on any atom is 0.136 e. The quantitative estimate of drug-likeness (QED) is 0.922. The second kappa shape index (κ2) is 4.56. The Morgan fingerprint density at radius 2 is 1.79 bits per heavy atom. The number of nitrogens with two attached hydrogens (primary N) is 1. The molecule has 0 bridgehead atoms. The Morgan fingerprint density at radius 3 is 2.26 bits per heavy atom. The first kappa shape index (κ1) is 13.9. The predicted molar refractivity (Wildman–Crippen MR) is 76.2 cm³/mol. The molecule has 104 valence electrons. The van der Waals surface area contributed by atoms with Crippen LogP contribution in [0.4, 0.5) is 0 Å². The van der Waals surface area contributed by atoms with E-state index in [4.69, 9.17) is 10.7 Å². The average molecular weight is 261 g/mol. The molecule has 0 aliphatic rings. The fourth-order valence-corrected chi connectivity index (χ4v) is 2.23. The fourth-order valence-electron chi connectivity index (χ4n) is 2.23. The number of hydrogen-bond acceptors (Lipinski definition) is 4. The maximum absolute atomic E-state index is 6.25. The van der Waals surface area contributed by atoms with Crippen molar-refractivity contribution in [1.82, 2.24) is 19.6 Å². The van der Waals surface area contributed by atoms with E-state index in [1.54, 1.807) is 6.33 Å². The molecule has 0 spiro atoms. The van der Waals surface area contributed by atoms with Gasteiger partial charge in [0.1, 0.15) is 17.7 Å². The van der Waals surface area contributed by atoms with Crippen LogP contribution in [0.2, 0.25) is 0 Å². The zero-order valence-corrected chi connectivity index (χ0v) is 12.6. The summed E-state index contributed by atoms with van der Waals surface area (Å²) in [4.78, 5) is 9.16. The van der Waals surface area contributed by atoms with E-state index >= 15 is 0 Å². The minimum atomic E-state index is -0.512. The van der Waals surface area contributed by atoms with Gasteiger partial charge in [0.05, 0.1) is 16.9 Å². The zero-order valence-electron chi connectivity index (χ0n) is 12.6. The van der Waals surface area contributed by atoms with Gasteiger partial charge < -0.3 is 5.73 Å². The first-order valence-corrected chi connectivity index (χ1v) is 6.76. The number of hydrogen-bond donors (Lipinski definition) is 1. The van der Waals surface area contributed by atoms with Crippen molar-refractivity contribution in [2.24, 2.45) is 5.73 Å². The summed E-state index contributed by atoms with van der Waals surface area (Å²) in [6.45, 7) is 12.4. The molecule has 0 saturated heterocycles. The van der Waals surface area contributed by atoms with Gasteiger partial charge in [0.25, 0.3) is 0 Å². The van der Waals surface area contributed by atoms with Gasteiger partial charge >= 0.3 is 0 Å². The van der Waals surface area contributed by atoms with Gasteiger partial charge in [-0.1, -0.05) is 27.7 Å². The lowest BCUT2D eigenvalue weighted by Gasteiger charge is -2.19. The second-order valence-electron chi connectivity index (χ2n) is 6.26. The van der Waals surface area contributed by atoms with E-state index in [9.17, 15) is 0 Å². The normalized spacial score (nSPS) is 12.9. The highest BCUT2D eigenvalue weighted by molar-refractivity contribution is 5.60. The SMILES string of the molecule is CC(C)c1nc(C(C)C)n2ncnc(C(C)(C)N)c12. The Bertz CT molecular complexity index is 590. The van der Waals surface area contributed by atoms with E-state index in [0.29, 0.717) is 11.8 Å². The van der Waals surface area contributed by atoms with E-state index in [1.165, 1.54) is 0 Å². The minimum absolute atomic E-state index is 0.309. The summed E-state index contributed by atoms with van der Waals surface area (Å²) in [5.41, 5.74) is 8.58. The van der Waals surface area contributed by atoms with Gasteiger partial charge in [0.2, 0.25) is 0 Å². The van der Waals surface area contributed by atoms with Crippen LogP contribution in [-0.4, -0.2) is 19.6 Å². The Morgan fingerprint density at radius 1 is 1.16 bits per heavy atom. The third-order valence-electron chi connectivity index (χ3n) is 3.16. The molecule has 0 amide bonds. The highest BCUT2D eigenvalue weighted by Gasteiger charge is 2.26. The second-order valence-corrected chi connectivity index (χ2v) is 6.26. The molecule has 0 radical (unpaired) electrons. The van der Waals surface area contributed by atoms with Crippen molar-refractivity contribution in [1.29, 1.82) is 0 Å². The molecule has 0 atom stereocenters. The van der Waals surface area contributed by atoms with E-state index in [-0.39, 0.29) is 0 Å². The van der Waals surface area contributed by atoms with Gasteiger partial charge in [0, 0.05) is 5.92 Å². The number of rotatable bonds is 3. The highest BCUT2D eigenvalue weighted by atomic mass is 15.3. The molecular formula is C14H23N5. The van der Waals surface area contributed by atoms with E-state index in [0.717, 1.165) is 22.7 Å². The molecule has 2 N–H and O–H groups in total.